The minimum atomic E-state index is -1.09. The Morgan fingerprint density at radius 3 is 2.37 bits per heavy atom. The highest BCUT2D eigenvalue weighted by Gasteiger charge is 2.22. The van der Waals surface area contributed by atoms with Gasteiger partial charge in [-0.05, 0) is 41.0 Å². The van der Waals surface area contributed by atoms with Gasteiger partial charge < -0.3 is 19.5 Å². The van der Waals surface area contributed by atoms with E-state index in [4.69, 9.17) is 9.47 Å². The van der Waals surface area contributed by atoms with Crippen LogP contribution in [-0.2, 0) is 27.5 Å². The molecule has 1 amide bonds. The van der Waals surface area contributed by atoms with Crippen LogP contribution in [0.4, 0.5) is 8.78 Å². The number of carbonyl (C=O) groups excluding carboxylic acids is 1. The molecule has 35 heavy (non-hydrogen) atoms. The molecule has 1 N–H and O–H groups in total. The zero-order valence-corrected chi connectivity index (χ0v) is 19.5. The minimum absolute atomic E-state index is 0.144. The van der Waals surface area contributed by atoms with Crippen LogP contribution in [0.5, 0.6) is 5.75 Å². The lowest BCUT2D eigenvalue weighted by molar-refractivity contribution is -0.147. The zero-order valence-electron chi connectivity index (χ0n) is 19.5. The van der Waals surface area contributed by atoms with Gasteiger partial charge in [-0.1, -0.05) is 43.3 Å². The van der Waals surface area contributed by atoms with Gasteiger partial charge in [-0.3, -0.25) is 9.59 Å². The van der Waals surface area contributed by atoms with E-state index in [0.29, 0.717) is 16.9 Å². The molecule has 8 heteroatoms. The van der Waals surface area contributed by atoms with Crippen molar-refractivity contribution in [3.05, 3.63) is 89.5 Å². The van der Waals surface area contributed by atoms with Crippen LogP contribution in [0.3, 0.4) is 0 Å². The Morgan fingerprint density at radius 1 is 1.00 bits per heavy atom. The molecule has 1 unspecified atom stereocenters. The number of rotatable bonds is 11. The van der Waals surface area contributed by atoms with Crippen LogP contribution in [0, 0.1) is 17.6 Å². The summed E-state index contributed by atoms with van der Waals surface area (Å²) in [6, 6.07) is 17.6. The summed E-state index contributed by atoms with van der Waals surface area (Å²) >= 11 is 0. The van der Waals surface area contributed by atoms with E-state index in [1.807, 2.05) is 24.3 Å². The van der Waals surface area contributed by atoms with Gasteiger partial charge in [0, 0.05) is 25.3 Å². The molecule has 0 saturated heterocycles. The average Bonchev–Trinajstić information content (AvgIpc) is 2.82. The Hall–Kier alpha value is -3.78. The van der Waals surface area contributed by atoms with Gasteiger partial charge in [0.25, 0.3) is 0 Å². The molecule has 0 radical (unpaired) electrons. The van der Waals surface area contributed by atoms with Crippen molar-refractivity contribution in [3.63, 3.8) is 0 Å². The minimum Gasteiger partial charge on any atom is -0.489 e. The number of methoxy groups -OCH3 is 1. The maximum Gasteiger partial charge on any atom is 0.323 e. The second-order valence-electron chi connectivity index (χ2n) is 8.20. The Bertz CT molecular complexity index is 1170. The third-order valence-corrected chi connectivity index (χ3v) is 5.34. The third kappa shape index (κ3) is 7.35. The van der Waals surface area contributed by atoms with Crippen molar-refractivity contribution in [2.45, 2.75) is 20.1 Å². The van der Waals surface area contributed by atoms with E-state index < -0.39 is 30.1 Å². The van der Waals surface area contributed by atoms with Crippen molar-refractivity contribution in [1.29, 1.82) is 0 Å². The van der Waals surface area contributed by atoms with Crippen LogP contribution in [0.2, 0.25) is 0 Å². The summed E-state index contributed by atoms with van der Waals surface area (Å²) in [5, 5.41) is 9.22. The van der Waals surface area contributed by atoms with E-state index in [9.17, 15) is 23.5 Å². The molecule has 3 rings (SSSR count). The quantitative estimate of drug-likeness (QED) is 0.420. The summed E-state index contributed by atoms with van der Waals surface area (Å²) in [5.74, 6) is -2.55. The molecule has 0 bridgehead atoms. The number of aliphatic carboxylic acids is 1. The second kappa shape index (κ2) is 12.1. The van der Waals surface area contributed by atoms with E-state index in [-0.39, 0.29) is 25.7 Å². The molecule has 184 valence electrons. The molecular formula is C27H27F2NO5. The molecule has 6 nitrogen and oxygen atoms in total. The monoisotopic (exact) mass is 483 g/mol. The van der Waals surface area contributed by atoms with Crippen molar-refractivity contribution < 1.29 is 33.0 Å². The number of carbonyl (C=O) groups is 2. The molecular weight excluding hydrogens is 456 g/mol. The standard InChI is InChI=1S/C27H27F2NO5/c1-18(16-34-2)27(33)30(15-26(31)32)14-19-4-3-5-20(12-19)17-35-23-9-6-21(7-10-23)24-11-8-22(28)13-25(24)29/h3-13,18H,14-17H2,1-2H3,(H,31,32). The van der Waals surface area contributed by atoms with Crippen LogP contribution in [-0.4, -0.2) is 42.1 Å². The number of halogens is 2. The maximum atomic E-state index is 14.0. The molecule has 0 aliphatic carbocycles. The average molecular weight is 484 g/mol. The van der Waals surface area contributed by atoms with Gasteiger partial charge in [0.15, 0.2) is 0 Å². The fourth-order valence-corrected chi connectivity index (χ4v) is 3.67. The first kappa shape index (κ1) is 25.8. The highest BCUT2D eigenvalue weighted by atomic mass is 19.1. The van der Waals surface area contributed by atoms with Crippen LogP contribution in [0.15, 0.2) is 66.7 Å². The van der Waals surface area contributed by atoms with Crippen LogP contribution >= 0.6 is 0 Å². The Morgan fingerprint density at radius 2 is 1.71 bits per heavy atom. The van der Waals surface area contributed by atoms with Gasteiger partial charge in [0.05, 0.1) is 12.5 Å². The summed E-state index contributed by atoms with van der Waals surface area (Å²) in [6.07, 6.45) is 0. The van der Waals surface area contributed by atoms with Crippen molar-refractivity contribution >= 4 is 11.9 Å². The van der Waals surface area contributed by atoms with Crippen LogP contribution < -0.4 is 4.74 Å². The van der Waals surface area contributed by atoms with Gasteiger partial charge in [-0.2, -0.15) is 0 Å². The first-order chi connectivity index (χ1) is 16.8. The molecule has 1 atom stereocenters. The van der Waals surface area contributed by atoms with Gasteiger partial charge in [0.1, 0.15) is 30.5 Å². The number of benzene rings is 3. The highest BCUT2D eigenvalue weighted by Crippen LogP contribution is 2.26. The maximum absolute atomic E-state index is 14.0. The van der Waals surface area contributed by atoms with Gasteiger partial charge in [-0.25, -0.2) is 8.78 Å². The summed E-state index contributed by atoms with van der Waals surface area (Å²) in [7, 11) is 1.49. The third-order valence-electron chi connectivity index (χ3n) is 5.34. The van der Waals surface area contributed by atoms with Crippen molar-refractivity contribution in [3.8, 4) is 16.9 Å². The van der Waals surface area contributed by atoms with Gasteiger partial charge >= 0.3 is 5.97 Å². The summed E-state index contributed by atoms with van der Waals surface area (Å²) < 4.78 is 38.0. The molecule has 0 heterocycles. The predicted octanol–water partition coefficient (Wildman–Crippen LogP) is 4.91. The van der Waals surface area contributed by atoms with E-state index in [1.165, 1.54) is 24.1 Å². The Balaban J connectivity index is 1.65. The summed E-state index contributed by atoms with van der Waals surface area (Å²) in [6.45, 7) is 1.88. The van der Waals surface area contributed by atoms with E-state index >= 15 is 0 Å². The first-order valence-electron chi connectivity index (χ1n) is 11.0. The number of hydrogen-bond acceptors (Lipinski definition) is 4. The zero-order chi connectivity index (χ0) is 25.4. The number of nitrogens with zero attached hydrogens (tertiary/aromatic N) is 1. The van der Waals surface area contributed by atoms with Crippen molar-refractivity contribution in [1.82, 2.24) is 4.90 Å². The van der Waals surface area contributed by atoms with Crippen LogP contribution in [0.25, 0.3) is 11.1 Å². The van der Waals surface area contributed by atoms with Crippen molar-refractivity contribution in [2.24, 2.45) is 5.92 Å². The lowest BCUT2D eigenvalue weighted by Gasteiger charge is -2.24. The van der Waals surface area contributed by atoms with E-state index in [0.717, 1.165) is 17.2 Å². The van der Waals surface area contributed by atoms with Crippen molar-refractivity contribution in [2.75, 3.05) is 20.3 Å². The van der Waals surface area contributed by atoms with Gasteiger partial charge in [-0.15, -0.1) is 0 Å². The molecule has 3 aromatic carbocycles. The highest BCUT2D eigenvalue weighted by molar-refractivity contribution is 5.83. The summed E-state index contributed by atoms with van der Waals surface area (Å²) in [4.78, 5) is 25.2. The molecule has 0 fully saturated rings. The second-order valence-corrected chi connectivity index (χ2v) is 8.20. The van der Waals surface area contributed by atoms with E-state index in [2.05, 4.69) is 0 Å². The lowest BCUT2D eigenvalue weighted by Crippen LogP contribution is -2.39. The molecule has 0 aliphatic heterocycles. The molecule has 0 aliphatic rings. The number of carboxylic acids is 1. The van der Waals surface area contributed by atoms with E-state index in [1.54, 1.807) is 31.2 Å². The number of hydrogen-bond donors (Lipinski definition) is 1. The smallest absolute Gasteiger partial charge is 0.323 e. The number of ether oxygens (including phenoxy) is 2. The normalized spacial score (nSPS) is 11.7. The molecule has 0 saturated carbocycles. The Kier molecular flexibility index (Phi) is 8.92. The lowest BCUT2D eigenvalue weighted by atomic mass is 10.1. The van der Waals surface area contributed by atoms with Gasteiger partial charge in [0.2, 0.25) is 5.91 Å². The largest absolute Gasteiger partial charge is 0.489 e. The Labute approximate surface area is 202 Å². The number of carboxylic acid groups (broad SMARTS) is 1. The topological polar surface area (TPSA) is 76.1 Å². The molecule has 0 aromatic heterocycles. The number of amides is 1. The SMILES string of the molecule is COCC(C)C(=O)N(CC(=O)O)Cc1cccc(COc2ccc(-c3ccc(F)cc3F)cc2)c1. The fourth-order valence-electron chi connectivity index (χ4n) is 3.67. The first-order valence-corrected chi connectivity index (χ1v) is 11.0. The molecule has 0 spiro atoms. The fraction of sp³-hybridized carbons (Fsp3) is 0.259. The summed E-state index contributed by atoms with van der Waals surface area (Å²) in [5.41, 5.74) is 2.50. The predicted molar refractivity (Wildman–Crippen MR) is 127 cm³/mol. The van der Waals surface area contributed by atoms with Crippen LogP contribution in [0.1, 0.15) is 18.1 Å². The molecule has 3 aromatic rings.